The van der Waals surface area contributed by atoms with E-state index in [2.05, 4.69) is 4.98 Å². The Morgan fingerprint density at radius 2 is 2.31 bits per heavy atom. The van der Waals surface area contributed by atoms with Gasteiger partial charge in [0.15, 0.2) is 0 Å². The normalized spacial score (nSPS) is 12.6. The number of aromatic nitrogens is 1. The standard InChI is InChI=1S/C9H13ClN2O/c1-7(13)6-12(2)9-5-3-4-8(10)11-9/h3-5,7,13H,6H2,1-2H3/t7-/m1/s1. The summed E-state index contributed by atoms with van der Waals surface area (Å²) in [6.45, 7) is 2.29. The summed E-state index contributed by atoms with van der Waals surface area (Å²) >= 11 is 5.73. The van der Waals surface area contributed by atoms with Crippen molar-refractivity contribution in [2.45, 2.75) is 13.0 Å². The summed E-state index contributed by atoms with van der Waals surface area (Å²) in [5.74, 6) is 0.772. The first-order chi connectivity index (χ1) is 6.09. The van der Waals surface area contributed by atoms with Crippen molar-refractivity contribution in [3.05, 3.63) is 23.4 Å². The molecule has 4 heteroatoms. The van der Waals surface area contributed by atoms with Crippen molar-refractivity contribution in [2.75, 3.05) is 18.5 Å². The van der Waals surface area contributed by atoms with Crippen LogP contribution in [0.25, 0.3) is 0 Å². The minimum Gasteiger partial charge on any atom is -0.392 e. The summed E-state index contributed by atoms with van der Waals surface area (Å²) in [6.07, 6.45) is -0.370. The van der Waals surface area contributed by atoms with E-state index in [1.807, 2.05) is 24.1 Å². The molecule has 1 atom stereocenters. The third kappa shape index (κ3) is 3.20. The molecule has 3 nitrogen and oxygen atoms in total. The predicted molar refractivity (Wildman–Crippen MR) is 54.2 cm³/mol. The number of halogens is 1. The molecule has 0 spiro atoms. The predicted octanol–water partition coefficient (Wildman–Crippen LogP) is 1.55. The third-order valence-corrected chi connectivity index (χ3v) is 1.84. The van der Waals surface area contributed by atoms with Gasteiger partial charge in [-0.05, 0) is 19.1 Å². The molecule has 13 heavy (non-hydrogen) atoms. The van der Waals surface area contributed by atoms with Gasteiger partial charge in [-0.25, -0.2) is 4.98 Å². The summed E-state index contributed by atoms with van der Waals surface area (Å²) in [5, 5.41) is 9.62. The van der Waals surface area contributed by atoms with Crippen molar-refractivity contribution in [3.8, 4) is 0 Å². The summed E-state index contributed by atoms with van der Waals surface area (Å²) < 4.78 is 0. The van der Waals surface area contributed by atoms with Crippen molar-refractivity contribution in [1.29, 1.82) is 0 Å². The molecule has 1 rings (SSSR count). The fraction of sp³-hybridized carbons (Fsp3) is 0.444. The van der Waals surface area contributed by atoms with Crippen molar-refractivity contribution in [3.63, 3.8) is 0 Å². The maximum atomic E-state index is 9.15. The van der Waals surface area contributed by atoms with E-state index >= 15 is 0 Å². The van der Waals surface area contributed by atoms with E-state index in [0.717, 1.165) is 5.82 Å². The lowest BCUT2D eigenvalue weighted by Crippen LogP contribution is -2.27. The van der Waals surface area contributed by atoms with Crippen LogP contribution < -0.4 is 4.90 Å². The molecule has 0 aliphatic heterocycles. The average Bonchev–Trinajstić information content (AvgIpc) is 2.03. The lowest BCUT2D eigenvalue weighted by Gasteiger charge is -2.19. The van der Waals surface area contributed by atoms with Gasteiger partial charge in [0.2, 0.25) is 0 Å². The minimum atomic E-state index is -0.370. The number of pyridine rings is 1. The number of anilines is 1. The molecule has 1 aromatic heterocycles. The monoisotopic (exact) mass is 200 g/mol. The van der Waals surface area contributed by atoms with Crippen molar-refractivity contribution >= 4 is 17.4 Å². The third-order valence-electron chi connectivity index (χ3n) is 1.63. The maximum Gasteiger partial charge on any atom is 0.131 e. The zero-order chi connectivity index (χ0) is 9.84. The van der Waals surface area contributed by atoms with Crippen LogP contribution >= 0.6 is 11.6 Å². The van der Waals surface area contributed by atoms with Crippen molar-refractivity contribution < 1.29 is 5.11 Å². The zero-order valence-corrected chi connectivity index (χ0v) is 8.49. The lowest BCUT2D eigenvalue weighted by atomic mass is 10.3. The molecule has 0 saturated carbocycles. The molecular formula is C9H13ClN2O. The Labute approximate surface area is 83.0 Å². The average molecular weight is 201 g/mol. The Bertz CT molecular complexity index is 278. The molecule has 0 bridgehead atoms. The number of aliphatic hydroxyl groups is 1. The van der Waals surface area contributed by atoms with Crippen molar-refractivity contribution in [2.24, 2.45) is 0 Å². The van der Waals surface area contributed by atoms with Gasteiger partial charge in [-0.15, -0.1) is 0 Å². The van der Waals surface area contributed by atoms with Gasteiger partial charge in [0.05, 0.1) is 6.10 Å². The van der Waals surface area contributed by atoms with Crippen LogP contribution in [-0.2, 0) is 0 Å². The molecular weight excluding hydrogens is 188 g/mol. The minimum absolute atomic E-state index is 0.370. The molecule has 0 unspecified atom stereocenters. The van der Waals surface area contributed by atoms with Crippen LogP contribution in [0.5, 0.6) is 0 Å². The molecule has 0 saturated heterocycles. The van der Waals surface area contributed by atoms with E-state index in [4.69, 9.17) is 16.7 Å². The van der Waals surface area contributed by atoms with Crippen LogP contribution in [-0.4, -0.2) is 29.8 Å². The molecule has 0 aliphatic rings. The Balaban J connectivity index is 2.71. The Hall–Kier alpha value is -0.800. The number of nitrogens with zero attached hydrogens (tertiary/aromatic N) is 2. The second-order valence-corrected chi connectivity index (χ2v) is 3.44. The van der Waals surface area contributed by atoms with Crippen LogP contribution in [0.1, 0.15) is 6.92 Å². The summed E-state index contributed by atoms with van der Waals surface area (Å²) in [4.78, 5) is 5.96. The SMILES string of the molecule is C[C@@H](O)CN(C)c1cccc(Cl)n1. The van der Waals surface area contributed by atoms with Crippen molar-refractivity contribution in [1.82, 2.24) is 4.98 Å². The largest absolute Gasteiger partial charge is 0.392 e. The van der Waals surface area contributed by atoms with E-state index in [9.17, 15) is 0 Å². The Morgan fingerprint density at radius 1 is 1.62 bits per heavy atom. The quantitative estimate of drug-likeness (QED) is 0.753. The van der Waals surface area contributed by atoms with Gasteiger partial charge in [-0.1, -0.05) is 17.7 Å². The topological polar surface area (TPSA) is 36.4 Å². The van der Waals surface area contributed by atoms with E-state index in [1.165, 1.54) is 0 Å². The molecule has 72 valence electrons. The molecule has 0 aromatic carbocycles. The highest BCUT2D eigenvalue weighted by atomic mass is 35.5. The number of likely N-dealkylation sites (N-methyl/N-ethyl adjacent to an activating group) is 1. The highest BCUT2D eigenvalue weighted by molar-refractivity contribution is 6.29. The lowest BCUT2D eigenvalue weighted by molar-refractivity contribution is 0.201. The molecule has 0 fully saturated rings. The van der Waals surface area contributed by atoms with Gasteiger partial charge in [-0.2, -0.15) is 0 Å². The van der Waals surface area contributed by atoms with Gasteiger partial charge in [0, 0.05) is 13.6 Å². The summed E-state index contributed by atoms with van der Waals surface area (Å²) in [6, 6.07) is 5.42. The second-order valence-electron chi connectivity index (χ2n) is 3.05. The summed E-state index contributed by atoms with van der Waals surface area (Å²) in [5.41, 5.74) is 0. The number of rotatable bonds is 3. The highest BCUT2D eigenvalue weighted by Gasteiger charge is 2.05. The van der Waals surface area contributed by atoms with E-state index in [-0.39, 0.29) is 6.10 Å². The smallest absolute Gasteiger partial charge is 0.131 e. The van der Waals surface area contributed by atoms with Gasteiger partial charge in [0.25, 0.3) is 0 Å². The van der Waals surface area contributed by atoms with E-state index in [1.54, 1.807) is 13.0 Å². The summed E-state index contributed by atoms with van der Waals surface area (Å²) in [7, 11) is 1.87. The second kappa shape index (κ2) is 4.44. The van der Waals surface area contributed by atoms with E-state index < -0.39 is 0 Å². The molecule has 1 N–H and O–H groups in total. The Morgan fingerprint density at radius 3 is 2.85 bits per heavy atom. The molecule has 1 heterocycles. The van der Waals surface area contributed by atoms with Gasteiger partial charge < -0.3 is 10.0 Å². The Kier molecular flexibility index (Phi) is 3.51. The fourth-order valence-corrected chi connectivity index (χ4v) is 1.26. The first-order valence-electron chi connectivity index (χ1n) is 4.11. The molecule has 0 amide bonds. The van der Waals surface area contributed by atoms with Crippen LogP contribution in [0.3, 0.4) is 0 Å². The van der Waals surface area contributed by atoms with Crippen LogP contribution in [0, 0.1) is 0 Å². The highest BCUT2D eigenvalue weighted by Crippen LogP contribution is 2.12. The van der Waals surface area contributed by atoms with Gasteiger partial charge in [-0.3, -0.25) is 0 Å². The van der Waals surface area contributed by atoms with Crippen LogP contribution in [0.2, 0.25) is 5.15 Å². The molecule has 0 aliphatic carbocycles. The molecule has 1 aromatic rings. The van der Waals surface area contributed by atoms with E-state index in [0.29, 0.717) is 11.7 Å². The van der Waals surface area contributed by atoms with Crippen LogP contribution in [0.15, 0.2) is 18.2 Å². The fourth-order valence-electron chi connectivity index (χ4n) is 1.10. The molecule has 0 radical (unpaired) electrons. The first-order valence-corrected chi connectivity index (χ1v) is 4.49. The first kappa shape index (κ1) is 10.3. The van der Waals surface area contributed by atoms with Gasteiger partial charge >= 0.3 is 0 Å². The number of hydrogen-bond donors (Lipinski definition) is 1. The van der Waals surface area contributed by atoms with Gasteiger partial charge in [0.1, 0.15) is 11.0 Å². The van der Waals surface area contributed by atoms with Crippen LogP contribution in [0.4, 0.5) is 5.82 Å². The number of aliphatic hydroxyl groups excluding tert-OH is 1. The number of hydrogen-bond acceptors (Lipinski definition) is 3. The zero-order valence-electron chi connectivity index (χ0n) is 7.74. The maximum absolute atomic E-state index is 9.15.